The van der Waals surface area contributed by atoms with Crippen molar-refractivity contribution in [3.8, 4) is 0 Å². The number of carbonyl (C=O) groups is 3. The molecule has 0 aromatic heterocycles. The number of cyclic esters (lactones) is 2. The third-order valence-electron chi connectivity index (χ3n) is 4.63. The Balaban J connectivity index is 2.52. The molecule has 0 aromatic carbocycles. The molecule has 0 aromatic rings. The first-order valence-corrected chi connectivity index (χ1v) is 7.51. The van der Waals surface area contributed by atoms with E-state index in [1.165, 1.54) is 0 Å². The molecular weight excluding hydrogens is 284 g/mol. The van der Waals surface area contributed by atoms with Crippen molar-refractivity contribution in [2.45, 2.75) is 41.0 Å². The summed E-state index contributed by atoms with van der Waals surface area (Å²) in [5.41, 5.74) is 1.70. The van der Waals surface area contributed by atoms with Crippen LogP contribution in [0.15, 0.2) is 22.8 Å². The van der Waals surface area contributed by atoms with Crippen LogP contribution in [0.2, 0.25) is 0 Å². The van der Waals surface area contributed by atoms with Gasteiger partial charge in [-0.15, -0.1) is 0 Å². The number of hydrogen-bond acceptors (Lipinski definition) is 5. The summed E-state index contributed by atoms with van der Waals surface area (Å²) in [5.74, 6) is -2.50. The fraction of sp³-hybridized carbons (Fsp3) is 0.588. The van der Waals surface area contributed by atoms with Crippen LogP contribution in [0.3, 0.4) is 0 Å². The molecule has 1 saturated heterocycles. The second-order valence-electron chi connectivity index (χ2n) is 6.30. The van der Waals surface area contributed by atoms with Crippen LogP contribution >= 0.6 is 0 Å². The van der Waals surface area contributed by atoms with Crippen LogP contribution < -0.4 is 0 Å². The molecule has 5 heteroatoms. The van der Waals surface area contributed by atoms with E-state index in [1.807, 2.05) is 26.8 Å². The number of rotatable bonds is 3. The molecular formula is C17H22O5. The lowest BCUT2D eigenvalue weighted by Crippen LogP contribution is -2.43. The van der Waals surface area contributed by atoms with Crippen LogP contribution in [0.25, 0.3) is 0 Å². The van der Waals surface area contributed by atoms with Gasteiger partial charge in [0, 0.05) is 5.92 Å². The lowest BCUT2D eigenvalue weighted by molar-refractivity contribution is -0.155. The maximum Gasteiger partial charge on any atom is 0.322 e. The standard InChI is InChI=1S/C17H22O5/c1-6-21-12(18)8-11-7-10(4)13(9(2)3)14-15(19)22-16(20)17(11,14)5/h7,11,14H,6,8H2,1-5H3/t11-,14+,17+/m1/s1. The van der Waals surface area contributed by atoms with Crippen molar-refractivity contribution in [3.05, 3.63) is 22.8 Å². The minimum Gasteiger partial charge on any atom is -0.466 e. The summed E-state index contributed by atoms with van der Waals surface area (Å²) in [5, 5.41) is 0. The van der Waals surface area contributed by atoms with Gasteiger partial charge in [-0.05, 0) is 40.2 Å². The Labute approximate surface area is 130 Å². The molecule has 1 heterocycles. The van der Waals surface area contributed by atoms with E-state index in [0.717, 1.165) is 16.7 Å². The first kappa shape index (κ1) is 16.5. The lowest BCUT2D eigenvalue weighted by Gasteiger charge is -2.38. The molecule has 0 saturated carbocycles. The van der Waals surface area contributed by atoms with Gasteiger partial charge in [0.1, 0.15) is 0 Å². The van der Waals surface area contributed by atoms with E-state index in [2.05, 4.69) is 0 Å². The number of allylic oxidation sites excluding steroid dienone is 3. The monoisotopic (exact) mass is 306 g/mol. The molecule has 0 amide bonds. The summed E-state index contributed by atoms with van der Waals surface area (Å²) in [7, 11) is 0. The van der Waals surface area contributed by atoms with Crippen molar-refractivity contribution < 1.29 is 23.9 Å². The fourth-order valence-electron chi connectivity index (χ4n) is 3.55. The number of fused-ring (bicyclic) bond motifs is 1. The fourth-order valence-corrected chi connectivity index (χ4v) is 3.55. The van der Waals surface area contributed by atoms with E-state index < -0.39 is 29.2 Å². The topological polar surface area (TPSA) is 69.7 Å². The summed E-state index contributed by atoms with van der Waals surface area (Å²) < 4.78 is 9.91. The number of esters is 3. The summed E-state index contributed by atoms with van der Waals surface area (Å²) in [6.45, 7) is 9.45. The van der Waals surface area contributed by atoms with Gasteiger partial charge in [0.15, 0.2) is 0 Å². The molecule has 0 radical (unpaired) electrons. The molecule has 1 fully saturated rings. The zero-order valence-corrected chi connectivity index (χ0v) is 13.7. The van der Waals surface area contributed by atoms with Crippen LogP contribution in [-0.2, 0) is 23.9 Å². The largest absolute Gasteiger partial charge is 0.466 e. The lowest BCUT2D eigenvalue weighted by atomic mass is 9.60. The third kappa shape index (κ3) is 2.38. The van der Waals surface area contributed by atoms with Crippen molar-refractivity contribution >= 4 is 17.9 Å². The summed E-state index contributed by atoms with van der Waals surface area (Å²) in [6, 6.07) is 0. The quantitative estimate of drug-likeness (QED) is 0.592. The van der Waals surface area contributed by atoms with Crippen LogP contribution in [0.5, 0.6) is 0 Å². The van der Waals surface area contributed by atoms with E-state index in [0.29, 0.717) is 0 Å². The Morgan fingerprint density at radius 2 is 2.00 bits per heavy atom. The maximum atomic E-state index is 12.3. The number of hydrogen-bond donors (Lipinski definition) is 0. The van der Waals surface area contributed by atoms with Crippen LogP contribution in [-0.4, -0.2) is 24.5 Å². The molecule has 5 nitrogen and oxygen atoms in total. The highest BCUT2D eigenvalue weighted by Gasteiger charge is 2.61. The average Bonchev–Trinajstić information content (AvgIpc) is 2.63. The second-order valence-corrected chi connectivity index (χ2v) is 6.30. The number of ether oxygens (including phenoxy) is 2. The highest BCUT2D eigenvalue weighted by molar-refractivity contribution is 6.02. The Morgan fingerprint density at radius 3 is 2.55 bits per heavy atom. The first-order chi connectivity index (χ1) is 10.2. The van der Waals surface area contributed by atoms with Gasteiger partial charge in [-0.2, -0.15) is 0 Å². The highest BCUT2D eigenvalue weighted by Crippen LogP contribution is 2.53. The van der Waals surface area contributed by atoms with Crippen molar-refractivity contribution in [3.63, 3.8) is 0 Å². The molecule has 1 aliphatic heterocycles. The molecule has 2 rings (SSSR count). The maximum absolute atomic E-state index is 12.3. The molecule has 22 heavy (non-hydrogen) atoms. The SMILES string of the molecule is CCOC(=O)C[C@H]1C=C(C)C(=C(C)C)[C@H]2C(=O)OC(=O)[C@]21C. The second kappa shape index (κ2) is 5.71. The zero-order valence-electron chi connectivity index (χ0n) is 13.7. The van der Waals surface area contributed by atoms with Crippen LogP contribution in [0, 0.1) is 17.3 Å². The van der Waals surface area contributed by atoms with Crippen molar-refractivity contribution in [2.75, 3.05) is 6.61 Å². The predicted molar refractivity (Wildman–Crippen MR) is 79.6 cm³/mol. The van der Waals surface area contributed by atoms with Gasteiger partial charge in [-0.1, -0.05) is 17.2 Å². The van der Waals surface area contributed by atoms with Gasteiger partial charge in [-0.3, -0.25) is 14.4 Å². The van der Waals surface area contributed by atoms with Gasteiger partial charge < -0.3 is 9.47 Å². The molecule has 0 unspecified atom stereocenters. The Hall–Kier alpha value is -1.91. The summed E-state index contributed by atoms with van der Waals surface area (Å²) >= 11 is 0. The van der Waals surface area contributed by atoms with Gasteiger partial charge >= 0.3 is 17.9 Å². The van der Waals surface area contributed by atoms with E-state index in [1.54, 1.807) is 13.8 Å². The van der Waals surface area contributed by atoms with Gasteiger partial charge in [0.25, 0.3) is 0 Å². The first-order valence-electron chi connectivity index (χ1n) is 7.51. The molecule has 120 valence electrons. The molecule has 0 bridgehead atoms. The Morgan fingerprint density at radius 1 is 1.36 bits per heavy atom. The van der Waals surface area contributed by atoms with Gasteiger partial charge in [0.05, 0.1) is 24.4 Å². The Bertz CT molecular complexity index is 594. The van der Waals surface area contributed by atoms with E-state index in [-0.39, 0.29) is 19.0 Å². The Kier molecular flexibility index (Phi) is 4.27. The van der Waals surface area contributed by atoms with E-state index in [9.17, 15) is 14.4 Å². The van der Waals surface area contributed by atoms with Crippen molar-refractivity contribution in [1.82, 2.24) is 0 Å². The van der Waals surface area contributed by atoms with Crippen LogP contribution in [0.1, 0.15) is 41.0 Å². The zero-order chi connectivity index (χ0) is 16.7. The van der Waals surface area contributed by atoms with Crippen molar-refractivity contribution in [1.29, 1.82) is 0 Å². The third-order valence-corrected chi connectivity index (χ3v) is 4.63. The summed E-state index contributed by atoms with van der Waals surface area (Å²) in [6.07, 6.45) is 1.96. The molecule has 3 atom stereocenters. The summed E-state index contributed by atoms with van der Waals surface area (Å²) in [4.78, 5) is 36.4. The molecule has 1 aliphatic carbocycles. The minimum atomic E-state index is -1.05. The number of carbonyl (C=O) groups excluding carboxylic acids is 3. The smallest absolute Gasteiger partial charge is 0.322 e. The average molecular weight is 306 g/mol. The highest BCUT2D eigenvalue weighted by atomic mass is 16.6. The van der Waals surface area contributed by atoms with Gasteiger partial charge in [0.2, 0.25) is 0 Å². The molecule has 0 N–H and O–H groups in total. The minimum absolute atomic E-state index is 0.0661. The normalized spacial score (nSPS) is 30.6. The predicted octanol–water partition coefficient (Wildman–Crippen LogP) is 2.56. The molecule has 2 aliphatic rings. The van der Waals surface area contributed by atoms with Gasteiger partial charge in [-0.25, -0.2) is 0 Å². The van der Waals surface area contributed by atoms with E-state index >= 15 is 0 Å². The van der Waals surface area contributed by atoms with E-state index in [4.69, 9.17) is 9.47 Å². The molecule has 0 spiro atoms. The van der Waals surface area contributed by atoms with Crippen molar-refractivity contribution in [2.24, 2.45) is 17.3 Å². The van der Waals surface area contributed by atoms with Crippen LogP contribution in [0.4, 0.5) is 0 Å².